The van der Waals surface area contributed by atoms with Crippen molar-refractivity contribution in [2.45, 2.75) is 27.7 Å². The maximum absolute atomic E-state index is 12.5. The number of rotatable bonds is 1. The van der Waals surface area contributed by atoms with E-state index < -0.39 is 5.97 Å². The van der Waals surface area contributed by atoms with E-state index in [1.165, 1.54) is 0 Å². The normalized spacial score (nSPS) is 15.4. The summed E-state index contributed by atoms with van der Waals surface area (Å²) >= 11 is 0. The van der Waals surface area contributed by atoms with Gasteiger partial charge in [-0.2, -0.15) is 10.5 Å². The Hall–Kier alpha value is -3.57. The van der Waals surface area contributed by atoms with Crippen molar-refractivity contribution >= 4 is 22.4 Å². The Morgan fingerprint density at radius 1 is 1.07 bits per heavy atom. The van der Waals surface area contributed by atoms with E-state index in [4.69, 9.17) is 4.74 Å². The molecule has 0 N–H and O–H groups in total. The summed E-state index contributed by atoms with van der Waals surface area (Å²) in [6, 6.07) is 11.7. The van der Waals surface area contributed by atoms with Crippen LogP contribution in [0, 0.1) is 29.6 Å². The number of nitrogens with zero attached hydrogens (tertiary/aromatic N) is 3. The fourth-order valence-electron chi connectivity index (χ4n) is 3.76. The lowest BCUT2D eigenvalue weighted by Crippen LogP contribution is -2.02. The Balaban J connectivity index is 2.47. The first kappa shape index (κ1) is 18.2. The molecule has 2 aromatic rings. The molecular formula is C22H19N3O2. The average Bonchev–Trinajstić information content (AvgIpc) is 3.11. The molecule has 1 fully saturated rings. The maximum atomic E-state index is 12.5. The van der Waals surface area contributed by atoms with Gasteiger partial charge in [0.05, 0.1) is 5.57 Å². The van der Waals surface area contributed by atoms with Gasteiger partial charge < -0.3 is 9.30 Å². The SMILES string of the molecule is CC(C)=C1C(=O)OC(=C(C#N)C#N)/C1=C(\C)c1c(C)c2ccccc2n1C. The number of hydrogen-bond donors (Lipinski definition) is 0. The molecule has 0 amide bonds. The number of para-hydroxylation sites is 1. The monoisotopic (exact) mass is 357 g/mol. The first-order valence-electron chi connectivity index (χ1n) is 8.53. The number of aromatic nitrogens is 1. The zero-order valence-corrected chi connectivity index (χ0v) is 16.0. The maximum Gasteiger partial charge on any atom is 0.344 e. The third-order valence-electron chi connectivity index (χ3n) is 4.92. The fourth-order valence-corrected chi connectivity index (χ4v) is 3.76. The molecule has 5 nitrogen and oxygen atoms in total. The molecule has 0 atom stereocenters. The van der Waals surface area contributed by atoms with E-state index in [0.29, 0.717) is 11.1 Å². The Labute approximate surface area is 158 Å². The van der Waals surface area contributed by atoms with Crippen LogP contribution in [0.4, 0.5) is 0 Å². The van der Waals surface area contributed by atoms with Crippen LogP contribution in [0.1, 0.15) is 32.0 Å². The highest BCUT2D eigenvalue weighted by atomic mass is 16.5. The Kier molecular flexibility index (Phi) is 4.47. The quantitative estimate of drug-likeness (QED) is 0.429. The van der Waals surface area contributed by atoms with Gasteiger partial charge in [-0.25, -0.2) is 4.79 Å². The number of carbonyl (C=O) groups is 1. The summed E-state index contributed by atoms with van der Waals surface area (Å²) in [6.45, 7) is 7.56. The van der Waals surface area contributed by atoms with Gasteiger partial charge in [0, 0.05) is 29.2 Å². The highest BCUT2D eigenvalue weighted by Crippen LogP contribution is 2.41. The summed E-state index contributed by atoms with van der Waals surface area (Å²) in [4.78, 5) is 12.5. The van der Waals surface area contributed by atoms with Gasteiger partial charge >= 0.3 is 5.97 Å². The van der Waals surface area contributed by atoms with Crippen LogP contribution in [-0.4, -0.2) is 10.5 Å². The first-order valence-corrected chi connectivity index (χ1v) is 8.53. The summed E-state index contributed by atoms with van der Waals surface area (Å²) < 4.78 is 7.42. The van der Waals surface area contributed by atoms with Gasteiger partial charge in [0.2, 0.25) is 0 Å². The number of allylic oxidation sites excluding steroid dienone is 4. The molecule has 0 aliphatic carbocycles. The lowest BCUT2D eigenvalue weighted by atomic mass is 9.93. The van der Waals surface area contributed by atoms with Crippen molar-refractivity contribution in [3.05, 3.63) is 63.6 Å². The van der Waals surface area contributed by atoms with E-state index >= 15 is 0 Å². The molecule has 1 aromatic heterocycles. The van der Waals surface area contributed by atoms with Crippen LogP contribution in [0.5, 0.6) is 0 Å². The summed E-state index contributed by atoms with van der Waals surface area (Å²) in [5, 5.41) is 19.8. The number of cyclic esters (lactones) is 1. The highest BCUT2D eigenvalue weighted by molar-refractivity contribution is 6.05. The highest BCUT2D eigenvalue weighted by Gasteiger charge is 2.36. The lowest BCUT2D eigenvalue weighted by Gasteiger charge is -2.11. The van der Waals surface area contributed by atoms with Crippen molar-refractivity contribution in [1.29, 1.82) is 10.5 Å². The van der Waals surface area contributed by atoms with E-state index in [1.54, 1.807) is 0 Å². The molecule has 2 heterocycles. The summed E-state index contributed by atoms with van der Waals surface area (Å²) in [5.41, 5.74) is 5.38. The molecule has 0 unspecified atom stereocenters. The third-order valence-corrected chi connectivity index (χ3v) is 4.92. The molecule has 0 spiro atoms. The predicted octanol–water partition coefficient (Wildman–Crippen LogP) is 4.45. The lowest BCUT2D eigenvalue weighted by molar-refractivity contribution is -0.132. The van der Waals surface area contributed by atoms with Gasteiger partial charge in [-0.05, 0) is 44.9 Å². The minimum absolute atomic E-state index is 0.0448. The number of benzene rings is 1. The Bertz CT molecular complexity index is 1120. The minimum Gasteiger partial charge on any atom is -0.420 e. The molecule has 0 saturated carbocycles. The first-order chi connectivity index (χ1) is 12.8. The molecule has 1 saturated heterocycles. The van der Waals surface area contributed by atoms with Crippen molar-refractivity contribution in [2.75, 3.05) is 0 Å². The van der Waals surface area contributed by atoms with Gasteiger partial charge in [0.25, 0.3) is 0 Å². The van der Waals surface area contributed by atoms with E-state index in [2.05, 4.69) is 10.6 Å². The zero-order valence-electron chi connectivity index (χ0n) is 16.0. The number of esters is 1. The van der Waals surface area contributed by atoms with Gasteiger partial charge in [-0.15, -0.1) is 0 Å². The van der Waals surface area contributed by atoms with Crippen molar-refractivity contribution in [3.8, 4) is 12.1 Å². The molecule has 1 aliphatic heterocycles. The molecule has 3 rings (SSSR count). The largest absolute Gasteiger partial charge is 0.420 e. The zero-order chi connectivity index (χ0) is 19.9. The fraction of sp³-hybridized carbons (Fsp3) is 0.227. The van der Waals surface area contributed by atoms with Crippen molar-refractivity contribution in [1.82, 2.24) is 4.57 Å². The van der Waals surface area contributed by atoms with Gasteiger partial charge in [-0.3, -0.25) is 0 Å². The van der Waals surface area contributed by atoms with E-state index in [-0.39, 0.29) is 11.3 Å². The molecule has 0 bridgehead atoms. The Morgan fingerprint density at radius 2 is 1.70 bits per heavy atom. The predicted molar refractivity (Wildman–Crippen MR) is 103 cm³/mol. The standard InChI is InChI=1S/C22H19N3O2/c1-12(2)18-19(21(27-22(18)26)15(10-23)11-24)14(4)20-13(3)16-8-6-7-9-17(16)25(20)5/h6-9H,1-5H3/b19-14+. The number of carbonyl (C=O) groups excluding carboxylic acids is 1. The average molecular weight is 357 g/mol. The number of ether oxygens (including phenoxy) is 1. The van der Waals surface area contributed by atoms with Gasteiger partial charge in [0.1, 0.15) is 12.1 Å². The summed E-state index contributed by atoms with van der Waals surface area (Å²) in [5.74, 6) is -0.484. The van der Waals surface area contributed by atoms with Crippen molar-refractivity contribution in [3.63, 3.8) is 0 Å². The van der Waals surface area contributed by atoms with Gasteiger partial charge in [0.15, 0.2) is 11.3 Å². The molecule has 134 valence electrons. The van der Waals surface area contributed by atoms with Crippen molar-refractivity contribution < 1.29 is 9.53 Å². The van der Waals surface area contributed by atoms with Crippen molar-refractivity contribution in [2.24, 2.45) is 7.05 Å². The van der Waals surface area contributed by atoms with Crippen LogP contribution in [0.25, 0.3) is 16.5 Å². The number of fused-ring (bicyclic) bond motifs is 1. The van der Waals surface area contributed by atoms with Crippen LogP contribution >= 0.6 is 0 Å². The smallest absolute Gasteiger partial charge is 0.344 e. The second-order valence-corrected chi connectivity index (χ2v) is 6.74. The minimum atomic E-state index is -0.529. The Morgan fingerprint density at radius 3 is 2.26 bits per heavy atom. The number of hydrogen-bond acceptors (Lipinski definition) is 4. The van der Waals surface area contributed by atoms with Crippen LogP contribution in [0.3, 0.4) is 0 Å². The van der Waals surface area contributed by atoms with Gasteiger partial charge in [-0.1, -0.05) is 23.8 Å². The molecule has 27 heavy (non-hydrogen) atoms. The van der Waals surface area contributed by atoms with Crippen LogP contribution in [0.15, 0.2) is 52.3 Å². The third kappa shape index (κ3) is 2.65. The molecular weight excluding hydrogens is 338 g/mol. The van der Waals surface area contributed by atoms with E-state index in [9.17, 15) is 15.3 Å². The summed E-state index contributed by atoms with van der Waals surface area (Å²) in [7, 11) is 1.97. The molecule has 5 heteroatoms. The number of nitriles is 2. The van der Waals surface area contributed by atoms with E-state index in [0.717, 1.165) is 33.3 Å². The molecule has 1 aromatic carbocycles. The summed E-state index contributed by atoms with van der Waals surface area (Å²) in [6.07, 6.45) is 0. The molecule has 0 radical (unpaired) electrons. The van der Waals surface area contributed by atoms with E-state index in [1.807, 2.05) is 65.1 Å². The van der Waals surface area contributed by atoms with Crippen LogP contribution < -0.4 is 0 Å². The second-order valence-electron chi connectivity index (χ2n) is 6.74. The van der Waals surface area contributed by atoms with Crippen LogP contribution in [0.2, 0.25) is 0 Å². The topological polar surface area (TPSA) is 78.8 Å². The number of aryl methyl sites for hydroxylation is 2. The van der Waals surface area contributed by atoms with Crippen LogP contribution in [-0.2, 0) is 16.6 Å². The second kappa shape index (κ2) is 6.63. The molecule has 1 aliphatic rings.